The van der Waals surface area contributed by atoms with Gasteiger partial charge in [0, 0.05) is 41.8 Å². The Morgan fingerprint density at radius 3 is 2.79 bits per heavy atom. The van der Waals surface area contributed by atoms with E-state index in [2.05, 4.69) is 0 Å². The van der Waals surface area contributed by atoms with Crippen LogP contribution in [0.15, 0.2) is 29.6 Å². The van der Waals surface area contributed by atoms with Gasteiger partial charge in [-0.3, -0.25) is 9.59 Å². The summed E-state index contributed by atoms with van der Waals surface area (Å²) in [7, 11) is 0. The molecular weight excluding hydrogens is 326 g/mol. The lowest BCUT2D eigenvalue weighted by atomic mass is 10.1. The Labute approximate surface area is 145 Å². The number of hydrogen-bond donors (Lipinski definition) is 1. The molecule has 24 heavy (non-hydrogen) atoms. The van der Waals surface area contributed by atoms with Gasteiger partial charge in [0.25, 0.3) is 5.91 Å². The third kappa shape index (κ3) is 4.55. The van der Waals surface area contributed by atoms with Crippen molar-refractivity contribution in [3.63, 3.8) is 0 Å². The molecule has 2 aromatic rings. The first-order valence-corrected chi connectivity index (χ1v) is 8.98. The molecule has 0 saturated carbocycles. The molecule has 0 aliphatic rings. The van der Waals surface area contributed by atoms with Gasteiger partial charge in [0.15, 0.2) is 0 Å². The van der Waals surface area contributed by atoms with E-state index >= 15 is 0 Å². The van der Waals surface area contributed by atoms with Crippen LogP contribution in [0.1, 0.15) is 30.6 Å². The maximum absolute atomic E-state index is 12.9. The van der Waals surface area contributed by atoms with E-state index in [4.69, 9.17) is 9.84 Å². The topological polar surface area (TPSA) is 66.8 Å². The Bertz CT molecular complexity index is 697. The van der Waals surface area contributed by atoms with Crippen molar-refractivity contribution in [2.75, 3.05) is 26.3 Å². The fourth-order valence-corrected chi connectivity index (χ4v) is 3.43. The lowest BCUT2D eigenvalue weighted by molar-refractivity contribution is -0.141. The van der Waals surface area contributed by atoms with Crippen LogP contribution in [-0.2, 0) is 9.53 Å². The van der Waals surface area contributed by atoms with Gasteiger partial charge in [-0.1, -0.05) is 25.1 Å². The van der Waals surface area contributed by atoms with Crippen LogP contribution in [0.4, 0.5) is 0 Å². The molecule has 1 atom stereocenters. The Morgan fingerprint density at radius 2 is 2.08 bits per heavy atom. The third-order valence-corrected chi connectivity index (χ3v) is 4.80. The standard InChI is InChI=1S/C18H23NO4S/c1-3-23-10-6-9-19(11-13(2)18(21)22)17(20)15-12-24-16-8-5-4-7-14(15)16/h4-5,7-8,12-13H,3,6,9-11H2,1-2H3,(H,21,22). The van der Waals surface area contributed by atoms with Gasteiger partial charge in [0.1, 0.15) is 0 Å². The number of hydrogen-bond acceptors (Lipinski definition) is 4. The number of benzene rings is 1. The molecule has 2 rings (SSSR count). The van der Waals surface area contributed by atoms with Crippen molar-refractivity contribution in [2.24, 2.45) is 5.92 Å². The fourth-order valence-electron chi connectivity index (χ4n) is 2.50. The second-order valence-electron chi connectivity index (χ2n) is 5.69. The first kappa shape index (κ1) is 18.4. The van der Waals surface area contributed by atoms with Crippen LogP contribution in [-0.4, -0.2) is 48.2 Å². The Balaban J connectivity index is 2.17. The number of carboxylic acids is 1. The van der Waals surface area contributed by atoms with E-state index in [-0.39, 0.29) is 12.5 Å². The Kier molecular flexibility index (Phi) is 6.75. The van der Waals surface area contributed by atoms with Crippen LogP contribution in [0.3, 0.4) is 0 Å². The molecule has 0 fully saturated rings. The molecule has 5 nitrogen and oxygen atoms in total. The molecule has 0 radical (unpaired) electrons. The minimum atomic E-state index is -0.896. The predicted octanol–water partition coefficient (Wildman–Crippen LogP) is 3.49. The van der Waals surface area contributed by atoms with Crippen molar-refractivity contribution < 1.29 is 19.4 Å². The second kappa shape index (κ2) is 8.80. The normalized spacial score (nSPS) is 12.2. The number of rotatable bonds is 9. The highest BCUT2D eigenvalue weighted by molar-refractivity contribution is 7.17. The van der Waals surface area contributed by atoms with Crippen molar-refractivity contribution in [1.29, 1.82) is 0 Å². The average Bonchev–Trinajstić information content (AvgIpc) is 3.00. The van der Waals surface area contributed by atoms with Gasteiger partial charge in [-0.25, -0.2) is 0 Å². The number of thiophene rings is 1. The number of amides is 1. The number of fused-ring (bicyclic) bond motifs is 1. The molecule has 1 aromatic heterocycles. The van der Waals surface area contributed by atoms with Gasteiger partial charge in [-0.05, 0) is 19.4 Å². The van der Waals surface area contributed by atoms with Crippen LogP contribution in [0, 0.1) is 5.92 Å². The largest absolute Gasteiger partial charge is 0.481 e. The zero-order chi connectivity index (χ0) is 17.5. The average molecular weight is 349 g/mol. The maximum Gasteiger partial charge on any atom is 0.308 e. The summed E-state index contributed by atoms with van der Waals surface area (Å²) in [6, 6.07) is 7.76. The smallest absolute Gasteiger partial charge is 0.308 e. The zero-order valence-electron chi connectivity index (χ0n) is 14.0. The molecule has 1 amide bonds. The van der Waals surface area contributed by atoms with Gasteiger partial charge in [0.05, 0.1) is 11.5 Å². The maximum atomic E-state index is 12.9. The van der Waals surface area contributed by atoms with Gasteiger partial charge in [-0.2, -0.15) is 0 Å². The van der Waals surface area contributed by atoms with E-state index in [0.717, 1.165) is 10.1 Å². The van der Waals surface area contributed by atoms with Gasteiger partial charge in [-0.15, -0.1) is 11.3 Å². The van der Waals surface area contributed by atoms with E-state index in [1.54, 1.807) is 11.8 Å². The van der Waals surface area contributed by atoms with Gasteiger partial charge < -0.3 is 14.7 Å². The second-order valence-corrected chi connectivity index (χ2v) is 6.60. The highest BCUT2D eigenvalue weighted by Gasteiger charge is 2.23. The number of carboxylic acid groups (broad SMARTS) is 1. The summed E-state index contributed by atoms with van der Waals surface area (Å²) < 4.78 is 6.38. The zero-order valence-corrected chi connectivity index (χ0v) is 14.8. The van der Waals surface area contributed by atoms with Crippen molar-refractivity contribution in [1.82, 2.24) is 4.90 Å². The van der Waals surface area contributed by atoms with Crippen LogP contribution >= 0.6 is 11.3 Å². The summed E-state index contributed by atoms with van der Waals surface area (Å²) in [6.07, 6.45) is 0.688. The molecule has 1 heterocycles. The Morgan fingerprint density at radius 1 is 1.33 bits per heavy atom. The van der Waals surface area contributed by atoms with Crippen LogP contribution in [0.2, 0.25) is 0 Å². The summed E-state index contributed by atoms with van der Waals surface area (Å²) in [6.45, 7) is 5.43. The van der Waals surface area contributed by atoms with E-state index < -0.39 is 11.9 Å². The Hall–Kier alpha value is -1.92. The molecule has 130 valence electrons. The first-order chi connectivity index (χ1) is 11.5. The number of nitrogens with zero attached hydrogens (tertiary/aromatic N) is 1. The minimum Gasteiger partial charge on any atom is -0.481 e. The van der Waals surface area contributed by atoms with Crippen LogP contribution < -0.4 is 0 Å². The molecule has 6 heteroatoms. The molecule has 0 saturated heterocycles. The van der Waals surface area contributed by atoms with Crippen molar-refractivity contribution in [2.45, 2.75) is 20.3 Å². The molecule has 1 N–H and O–H groups in total. The van der Waals surface area contributed by atoms with E-state index in [0.29, 0.717) is 31.7 Å². The van der Waals surface area contributed by atoms with Crippen molar-refractivity contribution in [3.8, 4) is 0 Å². The highest BCUT2D eigenvalue weighted by atomic mass is 32.1. The fraction of sp³-hybridized carbons (Fsp3) is 0.444. The number of carbonyl (C=O) groups is 2. The third-order valence-electron chi connectivity index (χ3n) is 3.84. The lowest BCUT2D eigenvalue weighted by Crippen LogP contribution is -2.38. The SMILES string of the molecule is CCOCCCN(CC(C)C(=O)O)C(=O)c1csc2ccccc12. The monoisotopic (exact) mass is 349 g/mol. The van der Waals surface area contributed by atoms with Crippen LogP contribution in [0.5, 0.6) is 0 Å². The number of carbonyl (C=O) groups excluding carboxylic acids is 1. The molecule has 0 spiro atoms. The lowest BCUT2D eigenvalue weighted by Gasteiger charge is -2.24. The minimum absolute atomic E-state index is 0.114. The van der Waals surface area contributed by atoms with E-state index in [1.165, 1.54) is 11.3 Å². The van der Waals surface area contributed by atoms with Crippen molar-refractivity contribution in [3.05, 3.63) is 35.2 Å². The molecular formula is C18H23NO4S. The quantitative estimate of drug-likeness (QED) is 0.704. The molecule has 0 aliphatic carbocycles. The summed E-state index contributed by atoms with van der Waals surface area (Å²) in [4.78, 5) is 25.7. The summed E-state index contributed by atoms with van der Waals surface area (Å²) in [5.74, 6) is -1.62. The highest BCUT2D eigenvalue weighted by Crippen LogP contribution is 2.27. The van der Waals surface area contributed by atoms with E-state index in [1.807, 2.05) is 36.6 Å². The summed E-state index contributed by atoms with van der Waals surface area (Å²) in [5, 5.41) is 11.9. The summed E-state index contributed by atoms with van der Waals surface area (Å²) >= 11 is 1.53. The predicted molar refractivity (Wildman–Crippen MR) is 95.6 cm³/mol. The van der Waals surface area contributed by atoms with Gasteiger partial charge >= 0.3 is 5.97 Å². The molecule has 0 aliphatic heterocycles. The van der Waals surface area contributed by atoms with Crippen LogP contribution in [0.25, 0.3) is 10.1 Å². The number of aliphatic carboxylic acids is 1. The van der Waals surface area contributed by atoms with Gasteiger partial charge in [0.2, 0.25) is 0 Å². The molecule has 1 aromatic carbocycles. The first-order valence-electron chi connectivity index (χ1n) is 8.10. The van der Waals surface area contributed by atoms with E-state index in [9.17, 15) is 9.59 Å². The molecule has 0 bridgehead atoms. The molecule has 1 unspecified atom stereocenters. The number of ether oxygens (including phenoxy) is 1. The summed E-state index contributed by atoms with van der Waals surface area (Å²) in [5.41, 5.74) is 0.643. The van der Waals surface area contributed by atoms with Crippen molar-refractivity contribution >= 4 is 33.3 Å².